The van der Waals surface area contributed by atoms with Gasteiger partial charge in [0.25, 0.3) is 0 Å². The zero-order valence-electron chi connectivity index (χ0n) is 13.5. The third-order valence-electron chi connectivity index (χ3n) is 3.24. The summed E-state index contributed by atoms with van der Waals surface area (Å²) in [7, 11) is 0. The highest BCUT2D eigenvalue weighted by atomic mass is 15.1. The Bertz CT molecular complexity index is 597. The van der Waals surface area contributed by atoms with E-state index in [1.807, 2.05) is 18.2 Å². The van der Waals surface area contributed by atoms with Gasteiger partial charge >= 0.3 is 0 Å². The monoisotopic (exact) mass is 299 g/mol. The van der Waals surface area contributed by atoms with E-state index in [9.17, 15) is 0 Å². The average Bonchev–Trinajstić information content (AvgIpc) is 2.45. The maximum Gasteiger partial charge on any atom is 0.224 e. The van der Waals surface area contributed by atoms with E-state index in [0.717, 1.165) is 17.9 Å². The van der Waals surface area contributed by atoms with Crippen molar-refractivity contribution in [2.45, 2.75) is 33.2 Å². The predicted octanol–water partition coefficient (Wildman–Crippen LogP) is 3.31. The molecule has 0 spiro atoms. The van der Waals surface area contributed by atoms with Crippen molar-refractivity contribution in [3.63, 3.8) is 0 Å². The van der Waals surface area contributed by atoms with Crippen molar-refractivity contribution in [2.75, 3.05) is 17.2 Å². The summed E-state index contributed by atoms with van der Waals surface area (Å²) in [5.41, 5.74) is 8.29. The topological polar surface area (TPSA) is 75.9 Å². The summed E-state index contributed by atoms with van der Waals surface area (Å²) in [5, 5.41) is 6.48. The summed E-state index contributed by atoms with van der Waals surface area (Å²) < 4.78 is 0. The van der Waals surface area contributed by atoms with Crippen LogP contribution in [-0.4, -0.2) is 22.6 Å². The molecule has 0 radical (unpaired) electrons. The van der Waals surface area contributed by atoms with Gasteiger partial charge in [-0.15, -0.1) is 0 Å². The van der Waals surface area contributed by atoms with Gasteiger partial charge in [-0.25, -0.2) is 4.98 Å². The fraction of sp³-hybridized carbons (Fsp3) is 0.412. The van der Waals surface area contributed by atoms with E-state index >= 15 is 0 Å². The molecule has 2 aromatic rings. The Balaban J connectivity index is 1.95. The number of hydrogen-bond acceptors (Lipinski definition) is 5. The first-order valence-corrected chi connectivity index (χ1v) is 7.69. The van der Waals surface area contributed by atoms with Gasteiger partial charge in [0.15, 0.2) is 0 Å². The standard InChI is InChI=1S/C17H25N5/c1-12(2)9-14(18)11-20-17-19-8-7-16(22-17)21-15-6-4-5-13(3)10-15/h4-8,10,12,14H,9,11,18H2,1-3H3,(H2,19,20,21,22). The number of rotatable bonds is 7. The lowest BCUT2D eigenvalue weighted by atomic mass is 10.0. The molecule has 1 unspecified atom stereocenters. The zero-order valence-corrected chi connectivity index (χ0v) is 13.5. The third kappa shape index (κ3) is 5.33. The van der Waals surface area contributed by atoms with E-state index in [2.05, 4.69) is 53.5 Å². The fourth-order valence-electron chi connectivity index (χ4n) is 2.30. The molecule has 5 nitrogen and oxygen atoms in total. The molecule has 0 saturated heterocycles. The van der Waals surface area contributed by atoms with Crippen molar-refractivity contribution in [3.8, 4) is 0 Å². The van der Waals surface area contributed by atoms with Crippen molar-refractivity contribution in [1.29, 1.82) is 0 Å². The van der Waals surface area contributed by atoms with Gasteiger partial charge in [-0.2, -0.15) is 4.98 Å². The number of benzene rings is 1. The Labute approximate surface area is 132 Å². The molecule has 2 rings (SSSR count). The van der Waals surface area contributed by atoms with Gasteiger partial charge in [-0.05, 0) is 43.0 Å². The van der Waals surface area contributed by atoms with E-state index in [1.165, 1.54) is 5.56 Å². The maximum atomic E-state index is 6.07. The molecule has 4 N–H and O–H groups in total. The normalized spacial score (nSPS) is 12.2. The molecular weight excluding hydrogens is 274 g/mol. The van der Waals surface area contributed by atoms with Crippen LogP contribution >= 0.6 is 0 Å². The number of aromatic nitrogens is 2. The lowest BCUT2D eigenvalue weighted by Crippen LogP contribution is -2.30. The third-order valence-corrected chi connectivity index (χ3v) is 3.24. The average molecular weight is 299 g/mol. The van der Waals surface area contributed by atoms with Crippen LogP contribution in [0.2, 0.25) is 0 Å². The van der Waals surface area contributed by atoms with Crippen molar-refractivity contribution in [1.82, 2.24) is 9.97 Å². The first-order chi connectivity index (χ1) is 10.5. The highest BCUT2D eigenvalue weighted by Gasteiger charge is 2.06. The quantitative estimate of drug-likeness (QED) is 0.731. The van der Waals surface area contributed by atoms with Crippen molar-refractivity contribution in [2.24, 2.45) is 11.7 Å². The number of nitrogens with two attached hydrogens (primary N) is 1. The molecule has 0 bridgehead atoms. The SMILES string of the molecule is Cc1cccc(Nc2ccnc(NCC(N)CC(C)C)n2)c1. The molecule has 0 saturated carbocycles. The molecule has 1 aromatic heterocycles. The second kappa shape index (κ2) is 7.75. The zero-order chi connectivity index (χ0) is 15.9. The van der Waals surface area contributed by atoms with Crippen LogP contribution < -0.4 is 16.4 Å². The van der Waals surface area contributed by atoms with E-state index in [0.29, 0.717) is 18.4 Å². The molecule has 118 valence electrons. The van der Waals surface area contributed by atoms with Gasteiger partial charge < -0.3 is 16.4 Å². The van der Waals surface area contributed by atoms with Gasteiger partial charge in [-0.1, -0.05) is 26.0 Å². The molecule has 0 aliphatic rings. The Morgan fingerprint density at radius 2 is 2.05 bits per heavy atom. The molecule has 5 heteroatoms. The number of nitrogens with zero attached hydrogens (tertiary/aromatic N) is 2. The minimum absolute atomic E-state index is 0.108. The van der Waals surface area contributed by atoms with Crippen LogP contribution in [-0.2, 0) is 0 Å². The van der Waals surface area contributed by atoms with Crippen molar-refractivity contribution < 1.29 is 0 Å². The summed E-state index contributed by atoms with van der Waals surface area (Å²) in [6.45, 7) is 7.08. The van der Waals surface area contributed by atoms with Crippen molar-refractivity contribution >= 4 is 17.5 Å². The number of aryl methyl sites for hydroxylation is 1. The first-order valence-electron chi connectivity index (χ1n) is 7.69. The van der Waals surface area contributed by atoms with Gasteiger partial charge in [0.2, 0.25) is 5.95 Å². The van der Waals surface area contributed by atoms with E-state index < -0.39 is 0 Å². The van der Waals surface area contributed by atoms with Crippen LogP contribution in [0.1, 0.15) is 25.8 Å². The van der Waals surface area contributed by atoms with Crippen LogP contribution in [0.25, 0.3) is 0 Å². The molecular formula is C17H25N5. The van der Waals surface area contributed by atoms with Crippen LogP contribution in [0, 0.1) is 12.8 Å². The summed E-state index contributed by atoms with van der Waals surface area (Å²) >= 11 is 0. The molecule has 1 aromatic carbocycles. The Hall–Kier alpha value is -2.14. The Morgan fingerprint density at radius 3 is 2.77 bits per heavy atom. The number of anilines is 3. The van der Waals surface area contributed by atoms with E-state index in [1.54, 1.807) is 6.20 Å². The van der Waals surface area contributed by atoms with Crippen LogP contribution in [0.15, 0.2) is 36.5 Å². The lowest BCUT2D eigenvalue weighted by molar-refractivity contribution is 0.507. The van der Waals surface area contributed by atoms with Gasteiger partial charge in [0.05, 0.1) is 0 Å². The predicted molar refractivity (Wildman–Crippen MR) is 92.4 cm³/mol. The largest absolute Gasteiger partial charge is 0.353 e. The van der Waals surface area contributed by atoms with Gasteiger partial charge in [0.1, 0.15) is 5.82 Å². The van der Waals surface area contributed by atoms with Gasteiger partial charge in [-0.3, -0.25) is 0 Å². The van der Waals surface area contributed by atoms with Crippen LogP contribution in [0.4, 0.5) is 17.5 Å². The number of nitrogens with one attached hydrogen (secondary N) is 2. The second-order valence-corrected chi connectivity index (χ2v) is 6.03. The molecule has 0 aliphatic carbocycles. The molecule has 0 fully saturated rings. The minimum Gasteiger partial charge on any atom is -0.353 e. The fourth-order valence-corrected chi connectivity index (χ4v) is 2.30. The maximum absolute atomic E-state index is 6.07. The first kappa shape index (κ1) is 16.2. The summed E-state index contributed by atoms with van der Waals surface area (Å²) in [6, 6.07) is 10.1. The van der Waals surface area contributed by atoms with Crippen LogP contribution in [0.3, 0.4) is 0 Å². The second-order valence-electron chi connectivity index (χ2n) is 6.03. The summed E-state index contributed by atoms with van der Waals surface area (Å²) in [5.74, 6) is 1.95. The molecule has 0 aliphatic heterocycles. The molecule has 0 amide bonds. The van der Waals surface area contributed by atoms with E-state index in [4.69, 9.17) is 5.73 Å². The minimum atomic E-state index is 0.108. The molecule has 22 heavy (non-hydrogen) atoms. The summed E-state index contributed by atoms with van der Waals surface area (Å²) in [4.78, 5) is 8.69. The van der Waals surface area contributed by atoms with Crippen LogP contribution in [0.5, 0.6) is 0 Å². The lowest BCUT2D eigenvalue weighted by Gasteiger charge is -2.15. The molecule has 1 heterocycles. The number of hydrogen-bond donors (Lipinski definition) is 3. The Kier molecular flexibility index (Phi) is 5.72. The molecule has 1 atom stereocenters. The smallest absolute Gasteiger partial charge is 0.224 e. The summed E-state index contributed by atoms with van der Waals surface area (Å²) in [6.07, 6.45) is 2.72. The highest BCUT2D eigenvalue weighted by molar-refractivity contribution is 5.57. The van der Waals surface area contributed by atoms with Crippen molar-refractivity contribution in [3.05, 3.63) is 42.1 Å². The highest BCUT2D eigenvalue weighted by Crippen LogP contribution is 2.16. The Morgan fingerprint density at radius 1 is 1.23 bits per heavy atom. The van der Waals surface area contributed by atoms with Gasteiger partial charge in [0, 0.05) is 24.5 Å². The van der Waals surface area contributed by atoms with E-state index in [-0.39, 0.29) is 6.04 Å².